The van der Waals surface area contributed by atoms with Crippen molar-refractivity contribution in [1.29, 1.82) is 0 Å². The van der Waals surface area contributed by atoms with Crippen molar-refractivity contribution >= 4 is 38.1 Å². The van der Waals surface area contributed by atoms with Crippen molar-refractivity contribution < 1.29 is 37.9 Å². The molecule has 0 saturated carbocycles. The molecule has 12 heteroatoms. The zero-order valence-corrected chi connectivity index (χ0v) is 22.6. The maximum absolute atomic E-state index is 5.56. The number of rotatable bonds is 16. The standard InChI is InChI=1S/C13H36O8Si4/c1-14-9(15-2)22-13(23-10(16-3)17-4,24-11(18-5)19-6)25-12(20-7)21-8/h9-12H,22-25H2,1-8H3. The lowest BCUT2D eigenvalue weighted by Crippen LogP contribution is -2.55. The molecule has 25 heavy (non-hydrogen) atoms. The molecule has 0 aromatic heterocycles. The molecule has 0 aromatic carbocycles. The van der Waals surface area contributed by atoms with Crippen molar-refractivity contribution in [3.8, 4) is 0 Å². The van der Waals surface area contributed by atoms with E-state index >= 15 is 0 Å². The van der Waals surface area contributed by atoms with E-state index in [2.05, 4.69) is 0 Å². The Bertz CT molecular complexity index is 251. The summed E-state index contributed by atoms with van der Waals surface area (Å²) in [6.45, 7) is 0. The quantitative estimate of drug-likeness (QED) is 0.189. The van der Waals surface area contributed by atoms with Crippen LogP contribution in [0.4, 0.5) is 0 Å². The summed E-state index contributed by atoms with van der Waals surface area (Å²) >= 11 is 0. The molecule has 0 aliphatic carbocycles. The molecule has 0 amide bonds. The fourth-order valence-corrected chi connectivity index (χ4v) is 19.6. The minimum atomic E-state index is -0.791. The maximum atomic E-state index is 5.56. The Hall–Kier alpha value is 0.548. The molecule has 0 aromatic rings. The largest absolute Gasteiger partial charge is 0.360 e. The van der Waals surface area contributed by atoms with Crippen molar-refractivity contribution in [2.24, 2.45) is 0 Å². The highest BCUT2D eigenvalue weighted by molar-refractivity contribution is 6.96. The van der Waals surface area contributed by atoms with Crippen LogP contribution in [0, 0.1) is 0 Å². The molecule has 0 atom stereocenters. The molecular formula is C13H36O8Si4. The first-order chi connectivity index (χ1) is 12.0. The molecule has 0 spiro atoms. The highest BCUT2D eigenvalue weighted by atomic mass is 28.4. The molecule has 0 heterocycles. The highest BCUT2D eigenvalue weighted by Gasteiger charge is 2.42. The van der Waals surface area contributed by atoms with E-state index in [9.17, 15) is 0 Å². The first-order valence-electron chi connectivity index (χ1n) is 8.20. The first-order valence-corrected chi connectivity index (χ1v) is 14.3. The predicted octanol–water partition coefficient (Wildman–Crippen LogP) is -3.00. The van der Waals surface area contributed by atoms with Gasteiger partial charge in [-0.2, -0.15) is 0 Å². The topological polar surface area (TPSA) is 73.8 Å². The Morgan fingerprint density at radius 2 is 0.560 bits per heavy atom. The van der Waals surface area contributed by atoms with Gasteiger partial charge in [-0.15, -0.1) is 0 Å². The smallest absolute Gasteiger partial charge is 0.133 e. The second-order valence-electron chi connectivity index (χ2n) is 5.92. The van der Waals surface area contributed by atoms with Crippen LogP contribution >= 0.6 is 0 Å². The monoisotopic (exact) mass is 432 g/mol. The van der Waals surface area contributed by atoms with Crippen LogP contribution < -0.4 is 0 Å². The second kappa shape index (κ2) is 14.6. The Labute approximate surface area is 160 Å². The minimum Gasteiger partial charge on any atom is -0.360 e. The lowest BCUT2D eigenvalue weighted by molar-refractivity contribution is -0.0528. The van der Waals surface area contributed by atoms with Gasteiger partial charge in [0.15, 0.2) is 0 Å². The van der Waals surface area contributed by atoms with Gasteiger partial charge in [-0.05, 0) is 3.91 Å². The molecule has 0 N–H and O–H groups in total. The first kappa shape index (κ1) is 25.5. The van der Waals surface area contributed by atoms with Gasteiger partial charge >= 0.3 is 0 Å². The SMILES string of the molecule is COC(OC)[SiH2]C([SiH2]C(OC)OC)([SiH2]C(OC)OC)[SiH2]C(OC)OC. The van der Waals surface area contributed by atoms with Crippen LogP contribution in [0.25, 0.3) is 0 Å². The summed E-state index contributed by atoms with van der Waals surface area (Å²) in [5.41, 5.74) is 0. The van der Waals surface area contributed by atoms with Crippen LogP contribution in [-0.4, -0.2) is 119 Å². The van der Waals surface area contributed by atoms with Crippen LogP contribution in [-0.2, 0) is 37.9 Å². The third kappa shape index (κ3) is 9.34. The van der Waals surface area contributed by atoms with E-state index in [1.807, 2.05) is 0 Å². The van der Waals surface area contributed by atoms with E-state index in [1.54, 1.807) is 56.9 Å². The molecule has 0 radical (unpaired) electrons. The van der Waals surface area contributed by atoms with Crippen molar-refractivity contribution in [2.75, 3.05) is 56.9 Å². The summed E-state index contributed by atoms with van der Waals surface area (Å²) < 4.78 is 44.7. The lowest BCUT2D eigenvalue weighted by atomic mass is 11.3. The summed E-state index contributed by atoms with van der Waals surface area (Å²) in [6, 6.07) is 0. The average Bonchev–Trinajstić information content (AvgIpc) is 2.66. The van der Waals surface area contributed by atoms with Gasteiger partial charge in [0.05, 0.1) is 38.1 Å². The molecule has 0 rings (SSSR count). The summed E-state index contributed by atoms with van der Waals surface area (Å²) in [6.07, 6.45) is 0. The molecule has 0 aliphatic rings. The fraction of sp³-hybridized carbons (Fsp3) is 1.00. The van der Waals surface area contributed by atoms with Crippen molar-refractivity contribution in [3.05, 3.63) is 0 Å². The van der Waals surface area contributed by atoms with Gasteiger partial charge in [0, 0.05) is 56.9 Å². The number of ether oxygens (including phenoxy) is 8. The van der Waals surface area contributed by atoms with Gasteiger partial charge < -0.3 is 37.9 Å². The molecule has 0 fully saturated rings. The van der Waals surface area contributed by atoms with Gasteiger partial charge in [-0.25, -0.2) is 0 Å². The number of hydrogen-bond acceptors (Lipinski definition) is 8. The second-order valence-corrected chi connectivity index (χ2v) is 22.2. The Morgan fingerprint density at radius 1 is 0.400 bits per heavy atom. The van der Waals surface area contributed by atoms with Crippen LogP contribution in [0.2, 0.25) is 3.91 Å². The van der Waals surface area contributed by atoms with Gasteiger partial charge in [-0.1, -0.05) is 0 Å². The van der Waals surface area contributed by atoms with Crippen molar-refractivity contribution in [1.82, 2.24) is 0 Å². The van der Waals surface area contributed by atoms with Crippen LogP contribution in [0.3, 0.4) is 0 Å². The summed E-state index contributed by atoms with van der Waals surface area (Å²) in [7, 11) is 10.4. The fourth-order valence-electron chi connectivity index (χ4n) is 2.97. The zero-order valence-electron chi connectivity index (χ0n) is 16.9. The van der Waals surface area contributed by atoms with Gasteiger partial charge in [0.25, 0.3) is 0 Å². The van der Waals surface area contributed by atoms with Crippen LogP contribution in [0.1, 0.15) is 0 Å². The maximum Gasteiger partial charge on any atom is 0.133 e. The Kier molecular flexibility index (Phi) is 14.9. The number of methoxy groups -OCH3 is 8. The number of hydrogen-bond donors (Lipinski definition) is 0. The van der Waals surface area contributed by atoms with E-state index in [0.717, 1.165) is 0 Å². The third-order valence-corrected chi connectivity index (χ3v) is 22.4. The van der Waals surface area contributed by atoms with Crippen molar-refractivity contribution in [3.63, 3.8) is 0 Å². The van der Waals surface area contributed by atoms with Gasteiger partial charge in [0.1, 0.15) is 23.7 Å². The Balaban J connectivity index is 5.69. The molecule has 152 valence electrons. The van der Waals surface area contributed by atoms with Gasteiger partial charge in [0.2, 0.25) is 0 Å². The Morgan fingerprint density at radius 3 is 0.680 bits per heavy atom. The molecule has 0 aliphatic heterocycles. The zero-order chi connectivity index (χ0) is 19.3. The van der Waals surface area contributed by atoms with Crippen LogP contribution in [0.5, 0.6) is 0 Å². The predicted molar refractivity (Wildman–Crippen MR) is 108 cm³/mol. The normalized spacial score (nSPS) is 16.8. The summed E-state index contributed by atoms with van der Waals surface area (Å²) in [4.78, 5) is 0. The molecular weight excluding hydrogens is 396 g/mol. The average molecular weight is 433 g/mol. The van der Waals surface area contributed by atoms with E-state index < -0.39 is 38.1 Å². The van der Waals surface area contributed by atoms with E-state index in [0.29, 0.717) is 0 Å². The van der Waals surface area contributed by atoms with Crippen molar-refractivity contribution in [2.45, 2.75) is 27.6 Å². The van der Waals surface area contributed by atoms with Crippen LogP contribution in [0.15, 0.2) is 0 Å². The molecule has 0 saturated heterocycles. The molecule has 8 nitrogen and oxygen atoms in total. The van der Waals surface area contributed by atoms with E-state index in [1.165, 1.54) is 0 Å². The lowest BCUT2D eigenvalue weighted by Gasteiger charge is -2.39. The highest BCUT2D eigenvalue weighted by Crippen LogP contribution is 2.28. The van der Waals surface area contributed by atoms with E-state index in [4.69, 9.17) is 37.9 Å². The minimum absolute atomic E-state index is 0.154. The molecule has 0 unspecified atom stereocenters. The van der Waals surface area contributed by atoms with E-state index in [-0.39, 0.29) is 27.6 Å². The summed E-state index contributed by atoms with van der Waals surface area (Å²) in [5, 5.41) is 0. The third-order valence-electron chi connectivity index (χ3n) is 4.50. The summed E-state index contributed by atoms with van der Waals surface area (Å²) in [5.74, 6) is -0.646. The molecule has 0 bridgehead atoms. The van der Waals surface area contributed by atoms with Gasteiger partial charge in [-0.3, -0.25) is 0 Å².